The number of aromatic nitrogens is 2. The van der Waals surface area contributed by atoms with Gasteiger partial charge < -0.3 is 14.6 Å². The first-order valence-electron chi connectivity index (χ1n) is 10.8. The molecule has 1 amide bonds. The average Bonchev–Trinajstić information content (AvgIpc) is 3.30. The van der Waals surface area contributed by atoms with Crippen molar-refractivity contribution < 1.29 is 9.53 Å². The molecule has 33 heavy (non-hydrogen) atoms. The second-order valence-electron chi connectivity index (χ2n) is 7.50. The lowest BCUT2D eigenvalue weighted by atomic mass is 10.1. The molecule has 6 nitrogen and oxygen atoms in total. The Labute approximate surface area is 193 Å². The lowest BCUT2D eigenvalue weighted by molar-refractivity contribution is 0.200. The van der Waals surface area contributed by atoms with E-state index < -0.39 is 6.09 Å². The van der Waals surface area contributed by atoms with Gasteiger partial charge in [0, 0.05) is 30.4 Å². The van der Waals surface area contributed by atoms with Gasteiger partial charge in [0.1, 0.15) is 11.6 Å². The van der Waals surface area contributed by atoms with Crippen LogP contribution in [0.3, 0.4) is 0 Å². The van der Waals surface area contributed by atoms with E-state index in [0.717, 1.165) is 34.8 Å². The lowest BCUT2D eigenvalue weighted by Crippen LogP contribution is -2.28. The van der Waals surface area contributed by atoms with Gasteiger partial charge in [-0.2, -0.15) is 5.26 Å². The number of nitriles is 1. The molecule has 1 aromatic heterocycles. The van der Waals surface area contributed by atoms with Crippen LogP contribution in [0.15, 0.2) is 85.1 Å². The predicted molar refractivity (Wildman–Crippen MR) is 127 cm³/mol. The molecule has 0 aliphatic rings. The maximum atomic E-state index is 11.9. The first kappa shape index (κ1) is 21.8. The number of benzene rings is 3. The third kappa shape index (κ3) is 5.46. The van der Waals surface area contributed by atoms with Gasteiger partial charge in [0.25, 0.3) is 0 Å². The summed E-state index contributed by atoms with van der Waals surface area (Å²) in [6, 6.07) is 26.8. The number of imidazole rings is 1. The number of carbonyl (C=O) groups excluding carboxylic acids is 1. The molecule has 0 aliphatic carbocycles. The van der Waals surface area contributed by atoms with E-state index in [9.17, 15) is 4.79 Å². The maximum absolute atomic E-state index is 11.9. The van der Waals surface area contributed by atoms with Gasteiger partial charge in [-0.1, -0.05) is 49.4 Å². The molecular formula is C27H24N4O2. The second-order valence-corrected chi connectivity index (χ2v) is 7.50. The van der Waals surface area contributed by atoms with Crippen LogP contribution in [0.25, 0.3) is 16.9 Å². The molecule has 164 valence electrons. The zero-order chi connectivity index (χ0) is 23.0. The van der Waals surface area contributed by atoms with Crippen molar-refractivity contribution in [1.82, 2.24) is 14.9 Å². The molecule has 0 spiro atoms. The highest BCUT2D eigenvalue weighted by Crippen LogP contribution is 2.23. The van der Waals surface area contributed by atoms with Gasteiger partial charge in [0.2, 0.25) is 0 Å². The zero-order valence-corrected chi connectivity index (χ0v) is 18.4. The first-order valence-corrected chi connectivity index (χ1v) is 10.8. The Balaban J connectivity index is 1.39. The lowest BCUT2D eigenvalue weighted by Gasteiger charge is -2.09. The number of ether oxygens (including phenoxy) is 1. The van der Waals surface area contributed by atoms with Gasteiger partial charge in [-0.05, 0) is 48.4 Å². The SMILES string of the molecule is CCc1nc(-c2ccc(C#N)cc2)cn1-c1ccc(CCNC(=O)Oc2ccccc2)cc1. The average molecular weight is 437 g/mol. The van der Waals surface area contributed by atoms with E-state index in [4.69, 9.17) is 15.0 Å². The number of hydrogen-bond donors (Lipinski definition) is 1. The summed E-state index contributed by atoms with van der Waals surface area (Å²) in [6.07, 6.45) is 3.06. The normalized spacial score (nSPS) is 10.4. The van der Waals surface area contributed by atoms with Crippen molar-refractivity contribution in [1.29, 1.82) is 5.26 Å². The summed E-state index contributed by atoms with van der Waals surface area (Å²) in [5.74, 6) is 1.49. The number of amides is 1. The summed E-state index contributed by atoms with van der Waals surface area (Å²) in [5, 5.41) is 11.8. The Kier molecular flexibility index (Phi) is 6.81. The van der Waals surface area contributed by atoms with Crippen LogP contribution in [0.2, 0.25) is 0 Å². The van der Waals surface area contributed by atoms with Crippen molar-refractivity contribution in [3.8, 4) is 28.8 Å². The van der Waals surface area contributed by atoms with E-state index in [0.29, 0.717) is 24.3 Å². The van der Waals surface area contributed by atoms with Gasteiger partial charge in [-0.15, -0.1) is 0 Å². The summed E-state index contributed by atoms with van der Waals surface area (Å²) in [5.41, 5.74) is 4.63. The number of hydrogen-bond acceptors (Lipinski definition) is 4. The molecule has 0 saturated carbocycles. The minimum atomic E-state index is -0.459. The number of nitrogens with one attached hydrogen (secondary N) is 1. The Morgan fingerprint density at radius 2 is 1.76 bits per heavy atom. The van der Waals surface area contributed by atoms with Crippen LogP contribution in [0.1, 0.15) is 23.9 Å². The Morgan fingerprint density at radius 3 is 2.42 bits per heavy atom. The van der Waals surface area contributed by atoms with Crippen LogP contribution in [-0.2, 0) is 12.8 Å². The predicted octanol–water partition coefficient (Wildman–Crippen LogP) is 5.30. The summed E-state index contributed by atoms with van der Waals surface area (Å²) >= 11 is 0. The molecule has 1 heterocycles. The molecule has 0 radical (unpaired) electrons. The fourth-order valence-electron chi connectivity index (χ4n) is 3.51. The van der Waals surface area contributed by atoms with Gasteiger partial charge >= 0.3 is 6.09 Å². The van der Waals surface area contributed by atoms with Crippen LogP contribution in [0.4, 0.5) is 4.79 Å². The highest BCUT2D eigenvalue weighted by atomic mass is 16.6. The fourth-order valence-corrected chi connectivity index (χ4v) is 3.51. The van der Waals surface area contributed by atoms with E-state index in [1.54, 1.807) is 24.3 Å². The van der Waals surface area contributed by atoms with Crippen molar-refractivity contribution in [2.75, 3.05) is 6.54 Å². The quantitative estimate of drug-likeness (QED) is 0.426. The van der Waals surface area contributed by atoms with Crippen molar-refractivity contribution in [3.05, 3.63) is 102 Å². The third-order valence-corrected chi connectivity index (χ3v) is 5.26. The maximum Gasteiger partial charge on any atom is 0.412 e. The monoisotopic (exact) mass is 436 g/mol. The fraction of sp³-hybridized carbons (Fsp3) is 0.148. The molecule has 4 rings (SSSR count). The summed E-state index contributed by atoms with van der Waals surface area (Å²) < 4.78 is 7.32. The number of rotatable bonds is 7. The van der Waals surface area contributed by atoms with Gasteiger partial charge in [0.05, 0.1) is 17.3 Å². The van der Waals surface area contributed by atoms with Crippen molar-refractivity contribution in [2.45, 2.75) is 19.8 Å². The number of aryl methyl sites for hydroxylation is 1. The molecule has 0 atom stereocenters. The van der Waals surface area contributed by atoms with Crippen LogP contribution in [0.5, 0.6) is 5.75 Å². The van der Waals surface area contributed by atoms with Crippen molar-refractivity contribution >= 4 is 6.09 Å². The Hall–Kier alpha value is -4.37. The van der Waals surface area contributed by atoms with Crippen LogP contribution in [0, 0.1) is 11.3 Å². The highest BCUT2D eigenvalue weighted by Gasteiger charge is 2.10. The molecule has 0 aliphatic heterocycles. The molecule has 0 unspecified atom stereocenters. The van der Waals surface area contributed by atoms with E-state index in [-0.39, 0.29) is 0 Å². The molecule has 0 bridgehead atoms. The van der Waals surface area contributed by atoms with Crippen LogP contribution in [-0.4, -0.2) is 22.2 Å². The van der Waals surface area contributed by atoms with Crippen LogP contribution >= 0.6 is 0 Å². The smallest absolute Gasteiger partial charge is 0.410 e. The van der Waals surface area contributed by atoms with E-state index in [2.05, 4.69) is 47.1 Å². The topological polar surface area (TPSA) is 79.9 Å². The second kappa shape index (κ2) is 10.3. The van der Waals surface area contributed by atoms with E-state index in [1.165, 1.54) is 0 Å². The molecule has 4 aromatic rings. The molecule has 1 N–H and O–H groups in total. The molecule has 3 aromatic carbocycles. The zero-order valence-electron chi connectivity index (χ0n) is 18.4. The molecule has 0 saturated heterocycles. The van der Waals surface area contributed by atoms with Gasteiger partial charge in [0.15, 0.2) is 0 Å². The minimum absolute atomic E-state index is 0.459. The molecule has 0 fully saturated rings. The first-order chi connectivity index (χ1) is 16.2. The summed E-state index contributed by atoms with van der Waals surface area (Å²) in [6.45, 7) is 2.56. The number of nitrogens with zero attached hydrogens (tertiary/aromatic N) is 3. The Morgan fingerprint density at radius 1 is 1.03 bits per heavy atom. The molecular weight excluding hydrogens is 412 g/mol. The third-order valence-electron chi connectivity index (χ3n) is 5.26. The van der Waals surface area contributed by atoms with Gasteiger partial charge in [-0.3, -0.25) is 0 Å². The largest absolute Gasteiger partial charge is 0.412 e. The minimum Gasteiger partial charge on any atom is -0.410 e. The summed E-state index contributed by atoms with van der Waals surface area (Å²) in [7, 11) is 0. The molecule has 6 heteroatoms. The standard InChI is InChI=1S/C27H24N4O2/c1-2-26-30-25(22-12-8-21(18-28)9-13-22)19-31(26)23-14-10-20(11-15-23)16-17-29-27(32)33-24-6-4-3-5-7-24/h3-15,19H,2,16-17H2,1H3,(H,29,32). The van der Waals surface area contributed by atoms with E-state index in [1.807, 2.05) is 36.5 Å². The highest BCUT2D eigenvalue weighted by molar-refractivity contribution is 5.70. The van der Waals surface area contributed by atoms with Crippen LogP contribution < -0.4 is 10.1 Å². The van der Waals surface area contributed by atoms with Gasteiger partial charge in [-0.25, -0.2) is 9.78 Å². The van der Waals surface area contributed by atoms with Crippen molar-refractivity contribution in [2.24, 2.45) is 0 Å². The van der Waals surface area contributed by atoms with E-state index >= 15 is 0 Å². The Bertz CT molecular complexity index is 1250. The summed E-state index contributed by atoms with van der Waals surface area (Å²) in [4.78, 5) is 16.7. The number of carbonyl (C=O) groups is 1. The number of para-hydroxylation sites is 1. The van der Waals surface area contributed by atoms with Crippen molar-refractivity contribution in [3.63, 3.8) is 0 Å².